The van der Waals surface area contributed by atoms with Crippen molar-refractivity contribution < 1.29 is 24.2 Å². The fourth-order valence-electron chi connectivity index (χ4n) is 4.94. The summed E-state index contributed by atoms with van der Waals surface area (Å²) < 4.78 is 5.60. The number of amides is 2. The molecule has 4 aromatic rings. The molecule has 2 amide bonds. The van der Waals surface area contributed by atoms with E-state index < -0.39 is 24.0 Å². The van der Waals surface area contributed by atoms with Crippen molar-refractivity contribution in [3.05, 3.63) is 95.7 Å². The summed E-state index contributed by atoms with van der Waals surface area (Å²) in [6.45, 7) is 1.17. The number of carboxylic acid groups (broad SMARTS) is 1. The van der Waals surface area contributed by atoms with Crippen LogP contribution in [0, 0.1) is 0 Å². The number of nitrogens with zero attached hydrogens (tertiary/aromatic N) is 1. The van der Waals surface area contributed by atoms with Crippen molar-refractivity contribution in [2.45, 2.75) is 25.3 Å². The second kappa shape index (κ2) is 9.10. The number of nitrogens with one attached hydrogen (secondary N) is 1. The first-order chi connectivity index (χ1) is 17.0. The molecule has 0 saturated heterocycles. The predicted octanol–water partition coefficient (Wildman–Crippen LogP) is 4.96. The summed E-state index contributed by atoms with van der Waals surface area (Å²) in [5.41, 5.74) is 5.77. The van der Waals surface area contributed by atoms with E-state index in [0.717, 1.165) is 33.2 Å². The Morgan fingerprint density at radius 1 is 0.943 bits per heavy atom. The third-order valence-electron chi connectivity index (χ3n) is 6.56. The van der Waals surface area contributed by atoms with Gasteiger partial charge in [-0.05, 0) is 33.9 Å². The van der Waals surface area contributed by atoms with Gasteiger partial charge in [0, 0.05) is 36.4 Å². The smallest absolute Gasteiger partial charge is 0.417 e. The SMILES string of the molecule is CC(=O)N(C(=O)OCC1c2ccccc2-c2ccccc21)[C@@H](Cc1c[nH]c2ccccc12)C(=O)O. The average Bonchev–Trinajstić information content (AvgIpc) is 3.41. The van der Waals surface area contributed by atoms with Gasteiger partial charge in [-0.2, -0.15) is 0 Å². The number of ether oxygens (including phenoxy) is 1. The van der Waals surface area contributed by atoms with Crippen molar-refractivity contribution in [3.8, 4) is 11.1 Å². The number of para-hydroxylation sites is 1. The van der Waals surface area contributed by atoms with Crippen LogP contribution in [0.25, 0.3) is 22.0 Å². The lowest BCUT2D eigenvalue weighted by molar-refractivity contribution is -0.148. The molecule has 5 rings (SSSR count). The molecule has 0 saturated carbocycles. The summed E-state index contributed by atoms with van der Waals surface area (Å²) in [6, 6.07) is 21.9. The molecule has 0 unspecified atom stereocenters. The maximum absolute atomic E-state index is 13.1. The van der Waals surface area contributed by atoms with E-state index in [4.69, 9.17) is 4.74 Å². The lowest BCUT2D eigenvalue weighted by Gasteiger charge is -2.26. The topological polar surface area (TPSA) is 99.7 Å². The van der Waals surface area contributed by atoms with Crippen LogP contribution in [-0.4, -0.2) is 45.6 Å². The van der Waals surface area contributed by atoms with Gasteiger partial charge < -0.3 is 14.8 Å². The van der Waals surface area contributed by atoms with Gasteiger partial charge in [0.1, 0.15) is 12.6 Å². The van der Waals surface area contributed by atoms with E-state index in [2.05, 4.69) is 4.98 Å². The molecule has 1 atom stereocenters. The molecule has 0 bridgehead atoms. The van der Waals surface area contributed by atoms with Crippen LogP contribution in [-0.2, 0) is 20.7 Å². The number of H-pyrrole nitrogens is 1. The number of aromatic nitrogens is 1. The van der Waals surface area contributed by atoms with E-state index in [9.17, 15) is 19.5 Å². The van der Waals surface area contributed by atoms with Crippen LogP contribution in [0.4, 0.5) is 4.79 Å². The highest BCUT2D eigenvalue weighted by Crippen LogP contribution is 2.44. The number of hydrogen-bond donors (Lipinski definition) is 2. The molecule has 176 valence electrons. The monoisotopic (exact) mass is 468 g/mol. The second-order valence-corrected chi connectivity index (χ2v) is 8.61. The first-order valence-corrected chi connectivity index (χ1v) is 11.4. The number of rotatable bonds is 6. The van der Waals surface area contributed by atoms with Gasteiger partial charge in [0.2, 0.25) is 5.91 Å². The second-order valence-electron chi connectivity index (χ2n) is 8.61. The Hall–Kier alpha value is -4.39. The lowest BCUT2D eigenvalue weighted by Crippen LogP contribution is -2.49. The maximum atomic E-state index is 13.1. The Bertz CT molecular complexity index is 1390. The molecule has 7 nitrogen and oxygen atoms in total. The zero-order chi connectivity index (χ0) is 24.5. The number of fused-ring (bicyclic) bond motifs is 4. The number of carbonyl (C=O) groups is 3. The van der Waals surface area contributed by atoms with Crippen LogP contribution in [0.15, 0.2) is 79.0 Å². The number of imide groups is 1. The van der Waals surface area contributed by atoms with Gasteiger partial charge in [-0.1, -0.05) is 66.7 Å². The maximum Gasteiger partial charge on any atom is 0.417 e. The largest absolute Gasteiger partial charge is 0.480 e. The Morgan fingerprint density at radius 2 is 1.54 bits per heavy atom. The fourth-order valence-corrected chi connectivity index (χ4v) is 4.94. The fraction of sp³-hybridized carbons (Fsp3) is 0.179. The van der Waals surface area contributed by atoms with Crippen LogP contribution in [0.1, 0.15) is 29.5 Å². The molecule has 1 heterocycles. The molecule has 0 spiro atoms. The van der Waals surface area contributed by atoms with Gasteiger partial charge in [0.25, 0.3) is 0 Å². The van der Waals surface area contributed by atoms with Gasteiger partial charge >= 0.3 is 12.1 Å². The Morgan fingerprint density at radius 3 is 2.17 bits per heavy atom. The van der Waals surface area contributed by atoms with Gasteiger partial charge in [0.15, 0.2) is 0 Å². The van der Waals surface area contributed by atoms with E-state index in [-0.39, 0.29) is 18.9 Å². The third-order valence-corrected chi connectivity index (χ3v) is 6.56. The lowest BCUT2D eigenvalue weighted by atomic mass is 9.98. The Kier molecular flexibility index (Phi) is 5.82. The van der Waals surface area contributed by atoms with Crippen molar-refractivity contribution in [1.82, 2.24) is 9.88 Å². The minimum Gasteiger partial charge on any atom is -0.480 e. The van der Waals surface area contributed by atoms with Crippen molar-refractivity contribution in [3.63, 3.8) is 0 Å². The number of aliphatic carboxylic acids is 1. The van der Waals surface area contributed by atoms with E-state index in [0.29, 0.717) is 10.5 Å². The zero-order valence-corrected chi connectivity index (χ0v) is 19.1. The summed E-state index contributed by atoms with van der Waals surface area (Å²) in [6.07, 6.45) is 0.700. The number of carbonyl (C=O) groups excluding carboxylic acids is 2. The number of carboxylic acids is 1. The van der Waals surface area contributed by atoms with Crippen molar-refractivity contribution >= 4 is 28.9 Å². The average molecular weight is 469 g/mol. The van der Waals surface area contributed by atoms with Crippen LogP contribution in [0.5, 0.6) is 0 Å². The molecule has 0 fully saturated rings. The summed E-state index contributed by atoms with van der Waals surface area (Å²) in [5, 5.41) is 10.8. The molecule has 3 aromatic carbocycles. The molecule has 0 radical (unpaired) electrons. The quantitative estimate of drug-likeness (QED) is 0.417. The minimum atomic E-state index is -1.40. The Balaban J connectivity index is 1.38. The highest BCUT2D eigenvalue weighted by atomic mass is 16.6. The van der Waals surface area contributed by atoms with Crippen LogP contribution < -0.4 is 0 Å². The minimum absolute atomic E-state index is 0.00390. The van der Waals surface area contributed by atoms with Gasteiger partial charge in [-0.3, -0.25) is 4.79 Å². The molecule has 0 aliphatic heterocycles. The van der Waals surface area contributed by atoms with Crippen molar-refractivity contribution in [1.29, 1.82) is 0 Å². The molecule has 1 aliphatic rings. The molecule has 35 heavy (non-hydrogen) atoms. The summed E-state index contributed by atoms with van der Waals surface area (Å²) in [4.78, 5) is 41.6. The molecule has 1 aromatic heterocycles. The number of aromatic amines is 1. The molecule has 2 N–H and O–H groups in total. The van der Waals surface area contributed by atoms with E-state index in [1.54, 1.807) is 6.20 Å². The first-order valence-electron chi connectivity index (χ1n) is 11.4. The van der Waals surface area contributed by atoms with Gasteiger partial charge in [-0.25, -0.2) is 14.5 Å². The van der Waals surface area contributed by atoms with E-state index >= 15 is 0 Å². The highest BCUT2D eigenvalue weighted by Gasteiger charge is 2.36. The summed E-state index contributed by atoms with van der Waals surface area (Å²) in [7, 11) is 0. The Labute approximate surface area is 202 Å². The van der Waals surface area contributed by atoms with Crippen molar-refractivity contribution in [2.75, 3.05) is 6.61 Å². The highest BCUT2D eigenvalue weighted by molar-refractivity contribution is 5.96. The molecule has 1 aliphatic carbocycles. The normalized spacial score (nSPS) is 13.2. The zero-order valence-electron chi connectivity index (χ0n) is 19.1. The van der Waals surface area contributed by atoms with Crippen LogP contribution in [0.3, 0.4) is 0 Å². The van der Waals surface area contributed by atoms with Crippen molar-refractivity contribution in [2.24, 2.45) is 0 Å². The predicted molar refractivity (Wildman–Crippen MR) is 131 cm³/mol. The van der Waals surface area contributed by atoms with E-state index in [1.165, 1.54) is 6.92 Å². The summed E-state index contributed by atoms with van der Waals surface area (Å²) >= 11 is 0. The van der Waals surface area contributed by atoms with E-state index in [1.807, 2.05) is 72.8 Å². The molecular formula is C28H24N2O5. The number of hydrogen-bond acceptors (Lipinski definition) is 4. The summed E-state index contributed by atoms with van der Waals surface area (Å²) in [5.74, 6) is -2.16. The standard InChI is InChI=1S/C28H24N2O5/c1-17(31)30(26(27(32)33)14-18-15-29-25-13-7-6-8-19(18)25)28(34)35-16-24-22-11-4-2-9-20(22)21-10-3-5-12-23(21)24/h2-13,15,24,26,29H,14,16H2,1H3,(H,32,33)/t26-/m0/s1. The molecule has 7 heteroatoms. The number of benzene rings is 3. The van der Waals surface area contributed by atoms with Gasteiger partial charge in [-0.15, -0.1) is 0 Å². The molecular weight excluding hydrogens is 444 g/mol. The van der Waals surface area contributed by atoms with Crippen LogP contribution in [0.2, 0.25) is 0 Å². The first kappa shape index (κ1) is 22.4. The van der Waals surface area contributed by atoms with Gasteiger partial charge in [0.05, 0.1) is 0 Å². The van der Waals surface area contributed by atoms with Crippen LogP contribution >= 0.6 is 0 Å². The third kappa shape index (κ3) is 4.05.